The molecule has 1 heterocycles. The summed E-state index contributed by atoms with van der Waals surface area (Å²) < 4.78 is 25.7. The summed E-state index contributed by atoms with van der Waals surface area (Å²) in [6, 6.07) is 7.94. The van der Waals surface area contributed by atoms with Gasteiger partial charge in [0, 0.05) is 30.2 Å². The zero-order valence-electron chi connectivity index (χ0n) is 12.3. The van der Waals surface area contributed by atoms with Crippen molar-refractivity contribution in [3.63, 3.8) is 0 Å². The Kier molecular flexibility index (Phi) is 3.93. The van der Waals surface area contributed by atoms with E-state index in [0.29, 0.717) is 13.1 Å². The zero-order valence-corrected chi connectivity index (χ0v) is 13.1. The van der Waals surface area contributed by atoms with Crippen LogP contribution < -0.4 is 5.73 Å². The molecule has 0 unspecified atom stereocenters. The summed E-state index contributed by atoms with van der Waals surface area (Å²) in [5.41, 5.74) is 7.84. The minimum atomic E-state index is -3.11. The highest BCUT2D eigenvalue weighted by molar-refractivity contribution is 7.92. The number of nitrogens with zero attached hydrogens (tertiary/aromatic N) is 1. The van der Waals surface area contributed by atoms with Gasteiger partial charge in [0.1, 0.15) is 0 Å². The molecule has 0 aliphatic heterocycles. The first-order valence-corrected chi connectivity index (χ1v) is 8.40. The molecule has 0 saturated heterocycles. The number of rotatable bonds is 4. The second-order valence-electron chi connectivity index (χ2n) is 6.00. The lowest BCUT2D eigenvalue weighted by Crippen LogP contribution is -2.31. The van der Waals surface area contributed by atoms with E-state index in [4.69, 9.17) is 5.73 Å². The maximum absolute atomic E-state index is 12.2. The summed E-state index contributed by atoms with van der Waals surface area (Å²) >= 11 is 0. The van der Waals surface area contributed by atoms with Crippen LogP contribution in [0.5, 0.6) is 0 Å². The molecule has 0 bridgehead atoms. The van der Waals surface area contributed by atoms with Gasteiger partial charge in [0.05, 0.1) is 10.5 Å². The third-order valence-electron chi connectivity index (χ3n) is 3.62. The normalized spacial score (nSPS) is 13.0. The monoisotopic (exact) mass is 294 g/mol. The van der Waals surface area contributed by atoms with Crippen LogP contribution in [0.4, 0.5) is 0 Å². The molecule has 0 amide bonds. The van der Waals surface area contributed by atoms with E-state index >= 15 is 0 Å². The fourth-order valence-corrected chi connectivity index (χ4v) is 3.24. The SMILES string of the molecule is CC(C)(C)S(=O)(=O)CCn1cc(CN)c2ccccc21. The van der Waals surface area contributed by atoms with Gasteiger partial charge in [-0.1, -0.05) is 18.2 Å². The Balaban J connectivity index is 2.32. The van der Waals surface area contributed by atoms with E-state index < -0.39 is 14.6 Å². The number of aromatic nitrogens is 1. The predicted octanol–water partition coefficient (Wildman–Crippen LogP) is 2.31. The van der Waals surface area contributed by atoms with E-state index in [1.807, 2.05) is 35.0 Å². The van der Waals surface area contributed by atoms with Gasteiger partial charge in [-0.25, -0.2) is 8.42 Å². The highest BCUT2D eigenvalue weighted by Gasteiger charge is 2.28. The predicted molar refractivity (Wildman–Crippen MR) is 83.4 cm³/mol. The molecule has 5 heteroatoms. The van der Waals surface area contributed by atoms with Crippen molar-refractivity contribution in [1.29, 1.82) is 0 Å². The third kappa shape index (κ3) is 2.74. The van der Waals surface area contributed by atoms with Gasteiger partial charge < -0.3 is 10.3 Å². The minimum absolute atomic E-state index is 0.138. The molecule has 0 radical (unpaired) electrons. The van der Waals surface area contributed by atoms with Crippen molar-refractivity contribution < 1.29 is 8.42 Å². The molecule has 1 aromatic heterocycles. The van der Waals surface area contributed by atoms with Crippen LogP contribution >= 0.6 is 0 Å². The Morgan fingerprint density at radius 3 is 2.45 bits per heavy atom. The molecule has 0 fully saturated rings. The molecule has 0 spiro atoms. The van der Waals surface area contributed by atoms with E-state index in [-0.39, 0.29) is 5.75 Å². The fraction of sp³-hybridized carbons (Fsp3) is 0.467. The van der Waals surface area contributed by atoms with Crippen LogP contribution in [-0.2, 0) is 22.9 Å². The summed E-state index contributed by atoms with van der Waals surface area (Å²) in [7, 11) is -3.11. The number of para-hydroxylation sites is 1. The van der Waals surface area contributed by atoms with Crippen molar-refractivity contribution in [3.8, 4) is 0 Å². The lowest BCUT2D eigenvalue weighted by Gasteiger charge is -2.19. The van der Waals surface area contributed by atoms with Gasteiger partial charge in [-0.15, -0.1) is 0 Å². The van der Waals surface area contributed by atoms with Crippen LogP contribution in [0, 0.1) is 0 Å². The molecule has 0 saturated carbocycles. The first-order chi connectivity index (χ1) is 9.26. The lowest BCUT2D eigenvalue weighted by molar-refractivity contribution is 0.554. The number of nitrogens with two attached hydrogens (primary N) is 1. The zero-order chi connectivity index (χ0) is 15.0. The van der Waals surface area contributed by atoms with Gasteiger partial charge in [-0.3, -0.25) is 0 Å². The molecule has 110 valence electrons. The molecule has 20 heavy (non-hydrogen) atoms. The smallest absolute Gasteiger partial charge is 0.156 e. The van der Waals surface area contributed by atoms with E-state index in [9.17, 15) is 8.42 Å². The van der Waals surface area contributed by atoms with Crippen molar-refractivity contribution in [1.82, 2.24) is 4.57 Å². The standard InChI is InChI=1S/C15H22N2O2S/c1-15(2,3)20(18,19)9-8-17-11-12(10-16)13-6-4-5-7-14(13)17/h4-7,11H,8-10,16H2,1-3H3. The summed E-state index contributed by atoms with van der Waals surface area (Å²) in [5.74, 6) is 0.138. The fourth-order valence-electron chi connectivity index (χ4n) is 2.20. The van der Waals surface area contributed by atoms with Crippen molar-refractivity contribution in [2.75, 3.05) is 5.75 Å². The number of fused-ring (bicyclic) bond motifs is 1. The average molecular weight is 294 g/mol. The van der Waals surface area contributed by atoms with Gasteiger partial charge in [0.25, 0.3) is 0 Å². The van der Waals surface area contributed by atoms with Crippen LogP contribution in [-0.4, -0.2) is 23.5 Å². The maximum atomic E-state index is 12.2. The molecule has 2 N–H and O–H groups in total. The van der Waals surface area contributed by atoms with Crippen LogP contribution in [0.1, 0.15) is 26.3 Å². The van der Waals surface area contributed by atoms with Crippen molar-refractivity contribution in [2.45, 2.75) is 38.6 Å². The Morgan fingerprint density at radius 1 is 1.20 bits per heavy atom. The van der Waals surface area contributed by atoms with Crippen molar-refractivity contribution >= 4 is 20.7 Å². The third-order valence-corrected chi connectivity index (χ3v) is 6.21. The average Bonchev–Trinajstić information content (AvgIpc) is 2.73. The van der Waals surface area contributed by atoms with Crippen LogP contribution in [0.15, 0.2) is 30.5 Å². The van der Waals surface area contributed by atoms with E-state index in [1.165, 1.54) is 0 Å². The molecule has 2 aromatic rings. The first-order valence-electron chi connectivity index (χ1n) is 6.75. The molecule has 4 nitrogen and oxygen atoms in total. The Labute approximate surface area is 120 Å². The van der Waals surface area contributed by atoms with Gasteiger partial charge in [0.2, 0.25) is 0 Å². The Bertz CT molecular complexity index is 709. The summed E-state index contributed by atoms with van der Waals surface area (Å²) in [4.78, 5) is 0. The van der Waals surface area contributed by atoms with Crippen molar-refractivity contribution in [2.24, 2.45) is 5.73 Å². The molecular weight excluding hydrogens is 272 g/mol. The quantitative estimate of drug-likeness (QED) is 0.941. The van der Waals surface area contributed by atoms with Crippen molar-refractivity contribution in [3.05, 3.63) is 36.0 Å². The minimum Gasteiger partial charge on any atom is -0.346 e. The van der Waals surface area contributed by atoms with Crippen LogP contribution in [0.3, 0.4) is 0 Å². The lowest BCUT2D eigenvalue weighted by atomic mass is 10.2. The number of benzene rings is 1. The molecule has 0 aliphatic carbocycles. The molecule has 0 atom stereocenters. The number of aryl methyl sites for hydroxylation is 1. The van der Waals surface area contributed by atoms with Gasteiger partial charge >= 0.3 is 0 Å². The number of hydrogen-bond acceptors (Lipinski definition) is 3. The highest BCUT2D eigenvalue weighted by atomic mass is 32.2. The van der Waals surface area contributed by atoms with E-state index in [0.717, 1.165) is 16.5 Å². The molecule has 1 aromatic carbocycles. The Hall–Kier alpha value is -1.33. The highest BCUT2D eigenvalue weighted by Crippen LogP contribution is 2.22. The van der Waals surface area contributed by atoms with E-state index in [2.05, 4.69) is 0 Å². The maximum Gasteiger partial charge on any atom is 0.156 e. The van der Waals surface area contributed by atoms with Gasteiger partial charge in [0.15, 0.2) is 9.84 Å². The van der Waals surface area contributed by atoms with Gasteiger partial charge in [-0.2, -0.15) is 0 Å². The Morgan fingerprint density at radius 2 is 1.85 bits per heavy atom. The second-order valence-corrected chi connectivity index (χ2v) is 8.86. The molecular formula is C15H22N2O2S. The first kappa shape index (κ1) is 15.1. The van der Waals surface area contributed by atoms with Gasteiger partial charge in [-0.05, 0) is 32.4 Å². The summed E-state index contributed by atoms with van der Waals surface area (Å²) in [6.07, 6.45) is 1.96. The number of hydrogen-bond donors (Lipinski definition) is 1. The van der Waals surface area contributed by atoms with E-state index in [1.54, 1.807) is 20.8 Å². The summed E-state index contributed by atoms with van der Waals surface area (Å²) in [5, 5.41) is 1.10. The summed E-state index contributed by atoms with van der Waals surface area (Å²) in [6.45, 7) is 6.13. The topological polar surface area (TPSA) is 65.1 Å². The van der Waals surface area contributed by atoms with Crippen LogP contribution in [0.2, 0.25) is 0 Å². The largest absolute Gasteiger partial charge is 0.346 e. The number of sulfone groups is 1. The molecule has 0 aliphatic rings. The molecule has 2 rings (SSSR count). The second kappa shape index (κ2) is 5.22. The van der Waals surface area contributed by atoms with Crippen LogP contribution in [0.25, 0.3) is 10.9 Å².